The predicted octanol–water partition coefficient (Wildman–Crippen LogP) is 4.89. The molecule has 0 unspecified atom stereocenters. The fourth-order valence-corrected chi connectivity index (χ4v) is 4.84. The van der Waals surface area contributed by atoms with E-state index in [1.54, 1.807) is 4.57 Å². The minimum Gasteiger partial charge on any atom is -0.444 e. The second kappa shape index (κ2) is 8.52. The van der Waals surface area contributed by atoms with Crippen molar-refractivity contribution in [2.75, 3.05) is 31.1 Å². The van der Waals surface area contributed by atoms with Gasteiger partial charge in [0.1, 0.15) is 6.61 Å². The molecule has 1 saturated carbocycles. The molecule has 5 rings (SSSR count). The number of hydrogen-bond acceptors (Lipinski definition) is 4. The van der Waals surface area contributed by atoms with E-state index in [1.807, 2.05) is 42.7 Å². The van der Waals surface area contributed by atoms with Crippen LogP contribution in [-0.2, 0) is 11.3 Å². The first-order valence-corrected chi connectivity index (χ1v) is 11.1. The number of rotatable bonds is 4. The zero-order valence-electron chi connectivity index (χ0n) is 17.4. The van der Waals surface area contributed by atoms with Gasteiger partial charge in [0.15, 0.2) is 0 Å². The molecule has 1 aliphatic heterocycles. The summed E-state index contributed by atoms with van der Waals surface area (Å²) in [6.07, 6.45) is 8.92. The van der Waals surface area contributed by atoms with Crippen LogP contribution in [0.15, 0.2) is 60.9 Å². The topological polar surface area (TPSA) is 37.7 Å². The standard InChI is InChI=1S/C25H29N3O2/c29-25(30-19-20-6-2-1-3-7-20)28-17-21-10-11-24(16-22(21)18-28)27-14-12-26(13-15-27)23-8-4-5-9-23/h1-3,6-7,10-11,16-18,23H,4-5,8-9,12-15,19H2. The molecular weight excluding hydrogens is 374 g/mol. The number of anilines is 1. The van der Waals surface area contributed by atoms with Crippen molar-refractivity contribution in [3.63, 3.8) is 0 Å². The van der Waals surface area contributed by atoms with Gasteiger partial charge in [0, 0.05) is 61.1 Å². The van der Waals surface area contributed by atoms with Gasteiger partial charge in [-0.1, -0.05) is 49.2 Å². The van der Waals surface area contributed by atoms with E-state index in [-0.39, 0.29) is 12.7 Å². The lowest BCUT2D eigenvalue weighted by atomic mass is 10.1. The van der Waals surface area contributed by atoms with Crippen molar-refractivity contribution in [1.29, 1.82) is 0 Å². The highest BCUT2D eigenvalue weighted by Gasteiger charge is 2.26. The molecule has 2 aliphatic rings. The maximum atomic E-state index is 12.5. The Balaban J connectivity index is 1.23. The van der Waals surface area contributed by atoms with Gasteiger partial charge in [-0.2, -0.15) is 0 Å². The van der Waals surface area contributed by atoms with Crippen molar-refractivity contribution >= 4 is 22.6 Å². The van der Waals surface area contributed by atoms with E-state index >= 15 is 0 Å². The second-order valence-corrected chi connectivity index (χ2v) is 8.48. The van der Waals surface area contributed by atoms with Crippen molar-refractivity contribution in [3.8, 4) is 0 Å². The number of hydrogen-bond donors (Lipinski definition) is 0. The summed E-state index contributed by atoms with van der Waals surface area (Å²) in [7, 11) is 0. The Labute approximate surface area is 177 Å². The van der Waals surface area contributed by atoms with Crippen molar-refractivity contribution in [2.45, 2.75) is 38.3 Å². The number of benzene rings is 2. The first kappa shape index (κ1) is 19.2. The lowest BCUT2D eigenvalue weighted by Gasteiger charge is -2.39. The van der Waals surface area contributed by atoms with Crippen LogP contribution in [0.3, 0.4) is 0 Å². The second-order valence-electron chi connectivity index (χ2n) is 8.48. The highest BCUT2D eigenvalue weighted by Crippen LogP contribution is 2.27. The molecule has 1 aliphatic carbocycles. The van der Waals surface area contributed by atoms with E-state index in [9.17, 15) is 4.79 Å². The van der Waals surface area contributed by atoms with Crippen LogP contribution >= 0.6 is 0 Å². The number of carbonyl (C=O) groups excluding carboxylic acids is 1. The summed E-state index contributed by atoms with van der Waals surface area (Å²) in [5.74, 6) is 0. The first-order valence-electron chi connectivity index (χ1n) is 11.1. The van der Waals surface area contributed by atoms with Gasteiger partial charge in [0.05, 0.1) is 0 Å². The maximum absolute atomic E-state index is 12.5. The average Bonchev–Trinajstić information content (AvgIpc) is 3.48. The fourth-order valence-electron chi connectivity index (χ4n) is 4.84. The van der Waals surface area contributed by atoms with Gasteiger partial charge in [0.2, 0.25) is 0 Å². The molecule has 5 nitrogen and oxygen atoms in total. The Bertz CT molecular complexity index is 1000. The summed E-state index contributed by atoms with van der Waals surface area (Å²) in [6, 6.07) is 17.0. The first-order chi connectivity index (χ1) is 14.8. The Morgan fingerprint density at radius 2 is 1.63 bits per heavy atom. The molecule has 1 saturated heterocycles. The van der Waals surface area contributed by atoms with Crippen LogP contribution in [0.5, 0.6) is 0 Å². The molecule has 3 aromatic rings. The molecule has 0 N–H and O–H groups in total. The highest BCUT2D eigenvalue weighted by atomic mass is 16.5. The Morgan fingerprint density at radius 3 is 2.40 bits per heavy atom. The van der Waals surface area contributed by atoms with Gasteiger partial charge in [-0.05, 0) is 30.5 Å². The summed E-state index contributed by atoms with van der Waals surface area (Å²) in [5, 5.41) is 2.13. The number of nitrogens with zero attached hydrogens (tertiary/aromatic N) is 3. The summed E-state index contributed by atoms with van der Waals surface area (Å²) in [4.78, 5) is 17.6. The third kappa shape index (κ3) is 4.08. The van der Waals surface area contributed by atoms with Gasteiger partial charge in [-0.3, -0.25) is 9.47 Å². The summed E-state index contributed by atoms with van der Waals surface area (Å²) < 4.78 is 7.01. The van der Waals surface area contributed by atoms with Crippen LogP contribution in [0.1, 0.15) is 31.2 Å². The molecule has 0 amide bonds. The number of ether oxygens (including phenoxy) is 1. The Morgan fingerprint density at radius 1 is 0.900 bits per heavy atom. The molecule has 2 aromatic carbocycles. The van der Waals surface area contributed by atoms with Gasteiger partial charge < -0.3 is 9.64 Å². The van der Waals surface area contributed by atoms with Crippen molar-refractivity contribution in [2.24, 2.45) is 0 Å². The van der Waals surface area contributed by atoms with Crippen LogP contribution in [0.25, 0.3) is 10.8 Å². The highest BCUT2D eigenvalue weighted by molar-refractivity contribution is 5.89. The van der Waals surface area contributed by atoms with E-state index in [0.29, 0.717) is 0 Å². The maximum Gasteiger partial charge on any atom is 0.418 e. The SMILES string of the molecule is O=C(OCc1ccccc1)n1cc2ccc(N3CCN(C4CCCC4)CC3)cc2c1. The fraction of sp³-hybridized carbons (Fsp3) is 0.400. The van der Waals surface area contributed by atoms with Crippen LogP contribution in [0.4, 0.5) is 10.5 Å². The molecule has 5 heteroatoms. The van der Waals surface area contributed by atoms with E-state index in [2.05, 4.69) is 28.0 Å². The molecule has 0 spiro atoms. The minimum absolute atomic E-state index is 0.282. The van der Waals surface area contributed by atoms with Gasteiger partial charge >= 0.3 is 6.09 Å². The van der Waals surface area contributed by atoms with E-state index in [1.165, 1.54) is 31.4 Å². The van der Waals surface area contributed by atoms with Gasteiger partial charge in [-0.15, -0.1) is 0 Å². The van der Waals surface area contributed by atoms with Gasteiger partial charge in [-0.25, -0.2) is 4.79 Å². The number of piperazine rings is 1. The zero-order valence-corrected chi connectivity index (χ0v) is 17.4. The van der Waals surface area contributed by atoms with Crippen LogP contribution < -0.4 is 4.90 Å². The third-order valence-corrected chi connectivity index (χ3v) is 6.56. The van der Waals surface area contributed by atoms with E-state index < -0.39 is 0 Å². The average molecular weight is 404 g/mol. The molecular formula is C25H29N3O2. The molecule has 0 atom stereocenters. The van der Waals surface area contributed by atoms with E-state index in [0.717, 1.165) is 48.6 Å². The third-order valence-electron chi connectivity index (χ3n) is 6.56. The Hall–Kier alpha value is -2.79. The molecule has 0 bridgehead atoms. The molecule has 0 radical (unpaired) electrons. The summed E-state index contributed by atoms with van der Waals surface area (Å²) in [5.41, 5.74) is 2.23. The lowest BCUT2D eigenvalue weighted by Crippen LogP contribution is -2.49. The largest absolute Gasteiger partial charge is 0.444 e. The van der Waals surface area contributed by atoms with Crippen molar-refractivity contribution in [1.82, 2.24) is 9.47 Å². The monoisotopic (exact) mass is 403 g/mol. The predicted molar refractivity (Wildman–Crippen MR) is 120 cm³/mol. The van der Waals surface area contributed by atoms with E-state index in [4.69, 9.17) is 4.74 Å². The molecule has 2 heterocycles. The van der Waals surface area contributed by atoms with Crippen LogP contribution in [0.2, 0.25) is 0 Å². The minimum atomic E-state index is -0.346. The quantitative estimate of drug-likeness (QED) is 0.622. The Kier molecular flexibility index (Phi) is 5.45. The van der Waals surface area contributed by atoms with Crippen molar-refractivity contribution in [3.05, 3.63) is 66.5 Å². The zero-order chi connectivity index (χ0) is 20.3. The van der Waals surface area contributed by atoms with Crippen molar-refractivity contribution < 1.29 is 9.53 Å². The van der Waals surface area contributed by atoms with Crippen LogP contribution in [-0.4, -0.2) is 47.8 Å². The molecule has 1 aromatic heterocycles. The molecule has 156 valence electrons. The smallest absolute Gasteiger partial charge is 0.418 e. The summed E-state index contributed by atoms with van der Waals surface area (Å²) >= 11 is 0. The van der Waals surface area contributed by atoms with Crippen LogP contribution in [0, 0.1) is 0 Å². The van der Waals surface area contributed by atoms with Gasteiger partial charge in [0.25, 0.3) is 0 Å². The molecule has 2 fully saturated rings. The molecule has 30 heavy (non-hydrogen) atoms. The normalized spacial score (nSPS) is 18.2. The number of fused-ring (bicyclic) bond motifs is 1. The number of aromatic nitrogens is 1. The lowest BCUT2D eigenvalue weighted by molar-refractivity contribution is 0.141. The summed E-state index contributed by atoms with van der Waals surface area (Å²) in [6.45, 7) is 4.72. The number of carbonyl (C=O) groups is 1.